The summed E-state index contributed by atoms with van der Waals surface area (Å²) >= 11 is 0. The summed E-state index contributed by atoms with van der Waals surface area (Å²) in [6, 6.07) is 4.05. The van der Waals surface area contributed by atoms with Gasteiger partial charge in [0.05, 0.1) is 7.11 Å². The molecule has 2 aromatic rings. The maximum Gasteiger partial charge on any atom is 0.410 e. The fourth-order valence-corrected chi connectivity index (χ4v) is 4.35. The van der Waals surface area contributed by atoms with Crippen LogP contribution < -0.4 is 9.64 Å². The average Bonchev–Trinajstić information content (AvgIpc) is 3.26. The van der Waals surface area contributed by atoms with Crippen molar-refractivity contribution in [3.8, 4) is 5.88 Å². The van der Waals surface area contributed by atoms with Crippen molar-refractivity contribution in [2.45, 2.75) is 39.2 Å². The smallest absolute Gasteiger partial charge is 0.410 e. The first-order valence-corrected chi connectivity index (χ1v) is 9.81. The van der Waals surface area contributed by atoms with E-state index in [0.717, 1.165) is 55.6 Å². The van der Waals surface area contributed by atoms with E-state index in [2.05, 4.69) is 20.9 Å². The zero-order valence-corrected chi connectivity index (χ0v) is 17.1. The van der Waals surface area contributed by atoms with E-state index < -0.39 is 5.60 Å². The van der Waals surface area contributed by atoms with Crippen LogP contribution in [0.1, 0.15) is 33.6 Å². The molecule has 150 valence electrons. The van der Waals surface area contributed by atoms with Crippen LogP contribution in [0.4, 0.5) is 10.5 Å². The minimum Gasteiger partial charge on any atom is -0.479 e. The van der Waals surface area contributed by atoms with E-state index >= 15 is 0 Å². The minimum absolute atomic E-state index is 0.129. The van der Waals surface area contributed by atoms with Crippen LogP contribution in [-0.4, -0.2) is 59.9 Å². The van der Waals surface area contributed by atoms with E-state index in [1.807, 2.05) is 37.9 Å². The Hall–Kier alpha value is -2.57. The fraction of sp³-hybridized carbons (Fsp3) is 0.571. The van der Waals surface area contributed by atoms with E-state index in [1.54, 1.807) is 13.3 Å². The van der Waals surface area contributed by atoms with Crippen molar-refractivity contribution in [1.29, 1.82) is 0 Å². The largest absolute Gasteiger partial charge is 0.479 e. The van der Waals surface area contributed by atoms with E-state index in [0.29, 0.717) is 5.88 Å². The second-order valence-electron chi connectivity index (χ2n) is 8.87. The molecule has 0 aromatic carbocycles. The number of hydrogen-bond donors (Lipinski definition) is 0. The van der Waals surface area contributed by atoms with Crippen LogP contribution in [-0.2, 0) is 4.74 Å². The van der Waals surface area contributed by atoms with E-state index in [1.165, 1.54) is 0 Å². The molecule has 2 aliphatic rings. The Balaban J connectivity index is 1.52. The number of nitrogens with zero attached hydrogens (tertiary/aromatic N) is 4. The molecule has 0 N–H and O–H groups in total. The minimum atomic E-state index is -0.461. The predicted octanol–water partition coefficient (Wildman–Crippen LogP) is 3.48. The van der Waals surface area contributed by atoms with Crippen molar-refractivity contribution in [2.75, 3.05) is 38.2 Å². The van der Waals surface area contributed by atoms with Gasteiger partial charge in [-0.05, 0) is 45.7 Å². The molecule has 1 amide bonds. The van der Waals surface area contributed by atoms with Gasteiger partial charge < -0.3 is 19.3 Å². The van der Waals surface area contributed by atoms with Gasteiger partial charge in [-0.25, -0.2) is 9.78 Å². The summed E-state index contributed by atoms with van der Waals surface area (Å²) in [6.07, 6.45) is 5.45. The van der Waals surface area contributed by atoms with Crippen molar-refractivity contribution in [2.24, 2.45) is 5.41 Å². The van der Waals surface area contributed by atoms with Crippen molar-refractivity contribution in [1.82, 2.24) is 14.9 Å². The summed E-state index contributed by atoms with van der Waals surface area (Å²) in [5, 5.41) is 1.05. The summed E-state index contributed by atoms with van der Waals surface area (Å²) in [7, 11) is 1.62. The molecule has 28 heavy (non-hydrogen) atoms. The Morgan fingerprint density at radius 2 is 1.86 bits per heavy atom. The Labute approximate surface area is 165 Å². The lowest BCUT2D eigenvalue weighted by Gasteiger charge is -2.27. The van der Waals surface area contributed by atoms with E-state index in [4.69, 9.17) is 9.47 Å². The molecule has 2 fully saturated rings. The number of amides is 1. The maximum absolute atomic E-state index is 12.5. The molecular weight excluding hydrogens is 356 g/mol. The zero-order chi connectivity index (χ0) is 19.9. The third-order valence-corrected chi connectivity index (χ3v) is 5.67. The summed E-state index contributed by atoms with van der Waals surface area (Å²) in [6.45, 7) is 9.13. The van der Waals surface area contributed by atoms with Gasteiger partial charge in [-0.3, -0.25) is 4.98 Å². The number of carbonyl (C=O) groups is 1. The first-order chi connectivity index (χ1) is 13.3. The number of ether oxygens (including phenoxy) is 2. The van der Waals surface area contributed by atoms with Gasteiger partial charge in [0.15, 0.2) is 0 Å². The summed E-state index contributed by atoms with van der Waals surface area (Å²) in [5.74, 6) is 0.547. The number of hydrogen-bond acceptors (Lipinski definition) is 6. The Morgan fingerprint density at radius 3 is 2.61 bits per heavy atom. The van der Waals surface area contributed by atoms with E-state index in [9.17, 15) is 4.79 Å². The summed E-state index contributed by atoms with van der Waals surface area (Å²) in [5.41, 5.74) is 1.60. The Morgan fingerprint density at radius 1 is 1.11 bits per heavy atom. The highest BCUT2D eigenvalue weighted by Crippen LogP contribution is 2.43. The summed E-state index contributed by atoms with van der Waals surface area (Å²) < 4.78 is 10.9. The third-order valence-electron chi connectivity index (χ3n) is 5.67. The monoisotopic (exact) mass is 384 g/mol. The molecule has 0 aliphatic carbocycles. The quantitative estimate of drug-likeness (QED) is 0.790. The predicted molar refractivity (Wildman–Crippen MR) is 108 cm³/mol. The zero-order valence-electron chi connectivity index (χ0n) is 17.1. The highest BCUT2D eigenvalue weighted by molar-refractivity contribution is 5.94. The number of aromatic nitrogens is 2. The maximum atomic E-state index is 12.5. The lowest BCUT2D eigenvalue weighted by atomic mass is 9.86. The van der Waals surface area contributed by atoms with Crippen molar-refractivity contribution < 1.29 is 14.3 Å². The van der Waals surface area contributed by atoms with Crippen LogP contribution in [0.3, 0.4) is 0 Å². The molecule has 7 heteroatoms. The van der Waals surface area contributed by atoms with Crippen LogP contribution in [0, 0.1) is 5.41 Å². The Kier molecular flexibility index (Phi) is 4.56. The van der Waals surface area contributed by atoms with Gasteiger partial charge in [-0.2, -0.15) is 0 Å². The Bertz CT molecular complexity index is 895. The van der Waals surface area contributed by atoms with Gasteiger partial charge in [0.25, 0.3) is 0 Å². The molecule has 2 aromatic heterocycles. The lowest BCUT2D eigenvalue weighted by Crippen LogP contribution is -2.37. The third kappa shape index (κ3) is 3.45. The second-order valence-corrected chi connectivity index (χ2v) is 8.87. The number of anilines is 1. The SMILES string of the molecule is COc1nccc2c(N3CCC4(CCN(C(=O)OC(C)(C)C)C4)C3)ccnc12. The molecule has 4 rings (SSSR count). The highest BCUT2D eigenvalue weighted by Gasteiger charge is 2.45. The second kappa shape index (κ2) is 6.79. The first kappa shape index (κ1) is 18.8. The van der Waals surface area contributed by atoms with Crippen molar-refractivity contribution in [3.63, 3.8) is 0 Å². The molecule has 0 bridgehead atoms. The molecule has 1 unspecified atom stereocenters. The van der Waals surface area contributed by atoms with Gasteiger partial charge >= 0.3 is 6.09 Å². The van der Waals surface area contributed by atoms with Crippen LogP contribution in [0.15, 0.2) is 24.5 Å². The van der Waals surface area contributed by atoms with Gasteiger partial charge in [0.2, 0.25) is 5.88 Å². The van der Waals surface area contributed by atoms with Crippen molar-refractivity contribution in [3.05, 3.63) is 24.5 Å². The topological polar surface area (TPSA) is 67.8 Å². The standard InChI is InChI=1S/C21H28N4O3/c1-20(2,3)28-19(26)25-12-8-21(14-25)7-11-24(13-21)16-6-10-22-17-15(16)5-9-23-18(17)27-4/h5-6,9-10H,7-8,11-14H2,1-4H3. The van der Waals surface area contributed by atoms with E-state index in [-0.39, 0.29) is 11.5 Å². The average molecular weight is 384 g/mol. The number of rotatable bonds is 2. The molecule has 0 saturated carbocycles. The molecule has 2 aliphatic heterocycles. The summed E-state index contributed by atoms with van der Waals surface area (Å²) in [4.78, 5) is 25.5. The number of methoxy groups -OCH3 is 1. The van der Waals surface area contributed by atoms with Gasteiger partial charge in [0.1, 0.15) is 11.1 Å². The number of pyridine rings is 2. The molecule has 2 saturated heterocycles. The van der Waals surface area contributed by atoms with Crippen LogP contribution in [0.2, 0.25) is 0 Å². The highest BCUT2D eigenvalue weighted by atomic mass is 16.6. The molecular formula is C21H28N4O3. The van der Waals surface area contributed by atoms with Gasteiger partial charge in [0, 0.05) is 55.1 Å². The lowest BCUT2D eigenvalue weighted by molar-refractivity contribution is 0.0276. The van der Waals surface area contributed by atoms with Crippen LogP contribution in [0.5, 0.6) is 5.88 Å². The van der Waals surface area contributed by atoms with Crippen molar-refractivity contribution >= 4 is 22.7 Å². The molecule has 4 heterocycles. The molecule has 1 spiro atoms. The van der Waals surface area contributed by atoms with Gasteiger partial charge in [-0.15, -0.1) is 0 Å². The van der Waals surface area contributed by atoms with Crippen LogP contribution >= 0.6 is 0 Å². The number of likely N-dealkylation sites (tertiary alicyclic amines) is 1. The van der Waals surface area contributed by atoms with Gasteiger partial charge in [-0.1, -0.05) is 0 Å². The first-order valence-electron chi connectivity index (χ1n) is 9.81. The number of carbonyl (C=O) groups excluding carboxylic acids is 1. The fourth-order valence-electron chi connectivity index (χ4n) is 4.35. The molecule has 1 atom stereocenters. The molecule has 7 nitrogen and oxygen atoms in total. The normalized spacial score (nSPS) is 22.3. The van der Waals surface area contributed by atoms with Crippen LogP contribution in [0.25, 0.3) is 10.9 Å². The number of fused-ring (bicyclic) bond motifs is 1. The molecule has 0 radical (unpaired) electrons.